The molecule has 0 amide bonds. The van der Waals surface area contributed by atoms with Gasteiger partial charge in [-0.05, 0) is 30.7 Å². The minimum Gasteiger partial charge on any atom is -0.492 e. The smallest absolute Gasteiger partial charge is 0.191 e. The van der Waals surface area contributed by atoms with Crippen LogP contribution in [0.15, 0.2) is 66.3 Å². The van der Waals surface area contributed by atoms with E-state index in [1.54, 1.807) is 36.0 Å². The average molecular weight is 399 g/mol. The van der Waals surface area contributed by atoms with Crippen LogP contribution in [0.5, 0.6) is 11.5 Å². The third-order valence-corrected chi connectivity index (χ3v) is 4.90. The van der Waals surface area contributed by atoms with Crippen LogP contribution in [-0.4, -0.2) is 27.1 Å². The Labute approximate surface area is 168 Å². The molecule has 0 radical (unpaired) electrons. The van der Waals surface area contributed by atoms with E-state index in [2.05, 4.69) is 16.8 Å². The van der Waals surface area contributed by atoms with E-state index in [0.29, 0.717) is 19.0 Å². The van der Waals surface area contributed by atoms with Gasteiger partial charge in [0.1, 0.15) is 12.4 Å². The molecule has 5 nitrogen and oxygen atoms in total. The van der Waals surface area contributed by atoms with Gasteiger partial charge in [-0.25, -0.2) is 4.39 Å². The molecular formula is C21H22FN3O2S. The third-order valence-electron chi connectivity index (χ3n) is 3.96. The number of benzene rings is 2. The summed E-state index contributed by atoms with van der Waals surface area (Å²) in [5, 5.41) is 9.17. The number of halogens is 1. The van der Waals surface area contributed by atoms with Gasteiger partial charge in [0, 0.05) is 12.3 Å². The average Bonchev–Trinajstić information content (AvgIpc) is 3.08. The number of rotatable bonds is 10. The summed E-state index contributed by atoms with van der Waals surface area (Å²) in [5.74, 6) is 2.01. The summed E-state index contributed by atoms with van der Waals surface area (Å²) in [6.07, 6.45) is 1.77. The van der Waals surface area contributed by atoms with Crippen LogP contribution < -0.4 is 9.47 Å². The fraction of sp³-hybridized carbons (Fsp3) is 0.238. The van der Waals surface area contributed by atoms with E-state index in [-0.39, 0.29) is 12.4 Å². The van der Waals surface area contributed by atoms with Gasteiger partial charge in [-0.15, -0.1) is 16.8 Å². The van der Waals surface area contributed by atoms with E-state index in [1.165, 1.54) is 6.07 Å². The number of aromatic nitrogens is 3. The highest BCUT2D eigenvalue weighted by molar-refractivity contribution is 7.99. The van der Waals surface area contributed by atoms with Crippen molar-refractivity contribution in [3.63, 3.8) is 0 Å². The van der Waals surface area contributed by atoms with Gasteiger partial charge in [-0.2, -0.15) is 0 Å². The predicted molar refractivity (Wildman–Crippen MR) is 108 cm³/mol. The van der Waals surface area contributed by atoms with Gasteiger partial charge < -0.3 is 9.47 Å². The van der Waals surface area contributed by atoms with Gasteiger partial charge in [0.2, 0.25) is 0 Å². The Kier molecular flexibility index (Phi) is 7.08. The minimum absolute atomic E-state index is 0.127. The summed E-state index contributed by atoms with van der Waals surface area (Å²) >= 11 is 1.54. The fourth-order valence-electron chi connectivity index (χ4n) is 2.55. The Hall–Kier alpha value is -2.80. The quantitative estimate of drug-likeness (QED) is 0.282. The van der Waals surface area contributed by atoms with Gasteiger partial charge in [-0.1, -0.05) is 48.2 Å². The minimum atomic E-state index is -0.403. The lowest BCUT2D eigenvalue weighted by atomic mass is 10.2. The number of hydrogen-bond acceptors (Lipinski definition) is 5. The van der Waals surface area contributed by atoms with Crippen molar-refractivity contribution in [3.05, 3.63) is 78.4 Å². The number of thioether (sulfide) groups is 1. The van der Waals surface area contributed by atoms with Crippen molar-refractivity contribution < 1.29 is 13.9 Å². The maximum atomic E-state index is 13.7. The first kappa shape index (κ1) is 19.9. The van der Waals surface area contributed by atoms with Crippen molar-refractivity contribution >= 4 is 11.8 Å². The van der Waals surface area contributed by atoms with Crippen LogP contribution >= 0.6 is 11.8 Å². The Balaban J connectivity index is 1.58. The number of aryl methyl sites for hydroxylation is 1. The molecule has 146 valence electrons. The molecule has 0 N–H and O–H groups in total. The molecule has 3 rings (SSSR count). The Morgan fingerprint density at radius 1 is 1.07 bits per heavy atom. The molecule has 1 heterocycles. The molecule has 0 unspecified atom stereocenters. The first-order valence-electron chi connectivity index (χ1n) is 8.90. The monoisotopic (exact) mass is 399 g/mol. The first-order valence-corrected chi connectivity index (χ1v) is 9.89. The Morgan fingerprint density at radius 3 is 2.57 bits per heavy atom. The topological polar surface area (TPSA) is 49.2 Å². The van der Waals surface area contributed by atoms with Crippen molar-refractivity contribution in [2.45, 2.75) is 25.2 Å². The highest BCUT2D eigenvalue weighted by atomic mass is 32.2. The van der Waals surface area contributed by atoms with E-state index in [9.17, 15) is 4.39 Å². The van der Waals surface area contributed by atoms with E-state index in [4.69, 9.17) is 9.47 Å². The molecule has 1 aromatic heterocycles. The van der Waals surface area contributed by atoms with E-state index >= 15 is 0 Å². The van der Waals surface area contributed by atoms with Crippen molar-refractivity contribution in [1.29, 1.82) is 0 Å². The summed E-state index contributed by atoms with van der Waals surface area (Å²) in [6, 6.07) is 14.2. The molecule has 28 heavy (non-hydrogen) atoms. The van der Waals surface area contributed by atoms with Crippen molar-refractivity contribution in [2.75, 3.05) is 12.4 Å². The molecule has 7 heteroatoms. The maximum Gasteiger partial charge on any atom is 0.191 e. The molecule has 0 saturated carbocycles. The SMILES string of the molecule is C=CCn1c(COc2ccccc2F)nnc1SCCOc1ccccc1C. The second-order valence-corrected chi connectivity index (χ2v) is 7.04. The Bertz CT molecular complexity index is 930. The van der Waals surface area contributed by atoms with Gasteiger partial charge in [0.25, 0.3) is 0 Å². The summed E-state index contributed by atoms with van der Waals surface area (Å²) in [7, 11) is 0. The normalized spacial score (nSPS) is 10.6. The summed E-state index contributed by atoms with van der Waals surface area (Å²) in [4.78, 5) is 0. The number of nitrogens with zero attached hydrogens (tertiary/aromatic N) is 3. The van der Waals surface area contributed by atoms with Crippen molar-refractivity contribution in [3.8, 4) is 11.5 Å². The molecule has 0 saturated heterocycles. The molecule has 0 aliphatic rings. The summed E-state index contributed by atoms with van der Waals surface area (Å²) in [6.45, 7) is 7.03. The zero-order chi connectivity index (χ0) is 19.8. The number of allylic oxidation sites excluding steroid dienone is 1. The molecular weight excluding hydrogens is 377 g/mol. The zero-order valence-corrected chi connectivity index (χ0v) is 16.5. The third kappa shape index (κ3) is 5.13. The van der Waals surface area contributed by atoms with Gasteiger partial charge >= 0.3 is 0 Å². The molecule has 0 aliphatic heterocycles. The largest absolute Gasteiger partial charge is 0.492 e. The Morgan fingerprint density at radius 2 is 1.82 bits per heavy atom. The molecule has 3 aromatic rings. The fourth-order valence-corrected chi connectivity index (χ4v) is 3.34. The highest BCUT2D eigenvalue weighted by Crippen LogP contribution is 2.21. The van der Waals surface area contributed by atoms with Crippen LogP contribution in [0.25, 0.3) is 0 Å². The van der Waals surface area contributed by atoms with Crippen molar-refractivity contribution in [1.82, 2.24) is 14.8 Å². The number of ether oxygens (including phenoxy) is 2. The van der Waals surface area contributed by atoms with Crippen LogP contribution in [0.2, 0.25) is 0 Å². The predicted octanol–water partition coefficient (Wildman–Crippen LogP) is 4.66. The second kappa shape index (κ2) is 9.94. The maximum absolute atomic E-state index is 13.7. The lowest BCUT2D eigenvalue weighted by molar-refractivity contribution is 0.275. The van der Waals surface area contributed by atoms with Crippen LogP contribution in [0.4, 0.5) is 4.39 Å². The van der Waals surface area contributed by atoms with Crippen LogP contribution in [-0.2, 0) is 13.2 Å². The van der Waals surface area contributed by atoms with Gasteiger partial charge in [0.15, 0.2) is 22.5 Å². The lowest BCUT2D eigenvalue weighted by Gasteiger charge is -2.10. The van der Waals surface area contributed by atoms with Crippen LogP contribution in [0.1, 0.15) is 11.4 Å². The number of para-hydroxylation sites is 2. The molecule has 2 aromatic carbocycles. The molecule has 0 spiro atoms. The standard InChI is InChI=1S/C21H22FN3O2S/c1-3-12-25-20(15-27-19-11-7-5-9-17(19)22)23-24-21(25)28-14-13-26-18-10-6-4-8-16(18)2/h3-11H,1,12-15H2,2H3. The zero-order valence-electron chi connectivity index (χ0n) is 15.7. The molecule has 0 bridgehead atoms. The first-order chi connectivity index (χ1) is 13.7. The van der Waals surface area contributed by atoms with E-state index in [0.717, 1.165) is 22.2 Å². The lowest BCUT2D eigenvalue weighted by Crippen LogP contribution is -2.09. The van der Waals surface area contributed by atoms with E-state index < -0.39 is 5.82 Å². The van der Waals surface area contributed by atoms with Gasteiger partial charge in [-0.3, -0.25) is 4.57 Å². The molecule has 0 aliphatic carbocycles. The van der Waals surface area contributed by atoms with Crippen LogP contribution in [0.3, 0.4) is 0 Å². The number of hydrogen-bond donors (Lipinski definition) is 0. The molecule has 0 fully saturated rings. The van der Waals surface area contributed by atoms with Gasteiger partial charge in [0.05, 0.1) is 6.61 Å². The summed E-state index contributed by atoms with van der Waals surface area (Å²) in [5.41, 5.74) is 1.11. The van der Waals surface area contributed by atoms with Crippen molar-refractivity contribution in [2.24, 2.45) is 0 Å². The highest BCUT2D eigenvalue weighted by Gasteiger charge is 2.13. The van der Waals surface area contributed by atoms with E-state index in [1.807, 2.05) is 35.8 Å². The van der Waals surface area contributed by atoms with Crippen LogP contribution in [0, 0.1) is 12.7 Å². The molecule has 0 atom stereocenters. The summed E-state index contributed by atoms with van der Waals surface area (Å²) < 4.78 is 27.0. The second-order valence-electron chi connectivity index (χ2n) is 5.98.